The summed E-state index contributed by atoms with van der Waals surface area (Å²) in [5, 5.41) is 6.65. The van der Waals surface area contributed by atoms with E-state index >= 15 is 0 Å². The molecule has 0 unspecified atom stereocenters. The molecule has 3 rings (SSSR count). The van der Waals surface area contributed by atoms with Crippen molar-refractivity contribution in [3.63, 3.8) is 0 Å². The van der Waals surface area contributed by atoms with E-state index in [9.17, 15) is 14.0 Å². The molecule has 1 N–H and O–H groups in total. The van der Waals surface area contributed by atoms with Crippen LogP contribution < -0.4 is 5.32 Å². The van der Waals surface area contributed by atoms with Gasteiger partial charge >= 0.3 is 6.03 Å². The minimum Gasteiger partial charge on any atom is -0.356 e. The van der Waals surface area contributed by atoms with Gasteiger partial charge in [0, 0.05) is 11.1 Å². The van der Waals surface area contributed by atoms with Gasteiger partial charge in [0.05, 0.1) is 6.54 Å². The van der Waals surface area contributed by atoms with Gasteiger partial charge in [0.25, 0.3) is 5.91 Å². The van der Waals surface area contributed by atoms with Gasteiger partial charge in [-0.1, -0.05) is 18.5 Å². The van der Waals surface area contributed by atoms with E-state index in [0.29, 0.717) is 23.4 Å². The van der Waals surface area contributed by atoms with Crippen LogP contribution in [0, 0.1) is 12.7 Å². The Balaban J connectivity index is 1.81. The number of carbonyl (C=O) groups excluding carboxylic acids is 2. The zero-order valence-electron chi connectivity index (χ0n) is 13.5. The van der Waals surface area contributed by atoms with E-state index < -0.39 is 12.1 Å². The van der Waals surface area contributed by atoms with Crippen LogP contribution in [0.1, 0.15) is 31.0 Å². The first kappa shape index (κ1) is 16.2. The van der Waals surface area contributed by atoms with Crippen LogP contribution in [0.25, 0.3) is 11.3 Å². The molecule has 0 saturated carbocycles. The summed E-state index contributed by atoms with van der Waals surface area (Å²) in [4.78, 5) is 25.4. The number of hydrogen-bond donors (Lipinski definition) is 1. The summed E-state index contributed by atoms with van der Waals surface area (Å²) < 4.78 is 18.4. The molecule has 1 atom stereocenters. The van der Waals surface area contributed by atoms with Crippen molar-refractivity contribution in [2.24, 2.45) is 0 Å². The lowest BCUT2D eigenvalue weighted by Gasteiger charge is -2.11. The van der Waals surface area contributed by atoms with Gasteiger partial charge in [0.15, 0.2) is 5.76 Å². The molecule has 1 saturated heterocycles. The highest BCUT2D eigenvalue weighted by Gasteiger charge is 2.38. The second-order valence-electron chi connectivity index (χ2n) is 5.81. The van der Waals surface area contributed by atoms with E-state index in [0.717, 1.165) is 16.9 Å². The summed E-state index contributed by atoms with van der Waals surface area (Å²) in [6.07, 6.45) is 1.42. The van der Waals surface area contributed by atoms with Gasteiger partial charge < -0.3 is 9.84 Å². The van der Waals surface area contributed by atoms with Gasteiger partial charge in [-0.2, -0.15) is 0 Å². The van der Waals surface area contributed by atoms with Gasteiger partial charge in [-0.05, 0) is 37.6 Å². The molecule has 2 aromatic rings. The Labute approximate surface area is 138 Å². The normalized spacial score (nSPS) is 17.5. The van der Waals surface area contributed by atoms with Gasteiger partial charge in [-0.25, -0.2) is 9.18 Å². The molecule has 1 fully saturated rings. The van der Waals surface area contributed by atoms with Crippen molar-refractivity contribution in [3.8, 4) is 11.3 Å². The summed E-state index contributed by atoms with van der Waals surface area (Å²) >= 11 is 0. The average Bonchev–Trinajstić information content (AvgIpc) is 3.04. The molecule has 0 spiro atoms. The third-order valence-electron chi connectivity index (χ3n) is 4.12. The number of nitrogens with one attached hydrogen (secondary N) is 1. The number of hydrogen-bond acceptors (Lipinski definition) is 4. The molecular weight excluding hydrogens is 313 g/mol. The smallest absolute Gasteiger partial charge is 0.325 e. The summed E-state index contributed by atoms with van der Waals surface area (Å²) in [6.45, 7) is 3.81. The lowest BCUT2D eigenvalue weighted by molar-refractivity contribution is -0.128. The maximum Gasteiger partial charge on any atom is 0.325 e. The Morgan fingerprint density at radius 1 is 1.29 bits per heavy atom. The van der Waals surface area contributed by atoms with E-state index in [4.69, 9.17) is 4.52 Å². The van der Waals surface area contributed by atoms with Crippen LogP contribution in [-0.2, 0) is 11.3 Å². The molecule has 126 valence electrons. The third kappa shape index (κ3) is 2.89. The van der Waals surface area contributed by atoms with Gasteiger partial charge in [-0.15, -0.1) is 0 Å². The molecule has 0 bridgehead atoms. The largest absolute Gasteiger partial charge is 0.356 e. The van der Waals surface area contributed by atoms with Crippen molar-refractivity contribution < 1.29 is 18.5 Å². The second-order valence-corrected chi connectivity index (χ2v) is 5.81. The number of halogens is 1. The summed E-state index contributed by atoms with van der Waals surface area (Å²) in [5.41, 5.74) is 1.92. The monoisotopic (exact) mass is 331 g/mol. The standard InChI is InChI=1S/C17H18FN3O3/c1-3-4-13-16(22)21(17(23)19-13)9-14-10(2)15(24-20-14)11-5-7-12(18)8-6-11/h5-8,13H,3-4,9H2,1-2H3,(H,19,23)/t13-/m0/s1. The van der Waals surface area contributed by atoms with Crippen molar-refractivity contribution in [3.05, 3.63) is 41.3 Å². The van der Waals surface area contributed by atoms with Crippen molar-refractivity contribution in [2.75, 3.05) is 0 Å². The molecule has 3 amide bonds. The first-order chi connectivity index (χ1) is 11.5. The van der Waals surface area contributed by atoms with E-state index in [2.05, 4.69) is 10.5 Å². The van der Waals surface area contributed by atoms with Crippen LogP contribution in [0.3, 0.4) is 0 Å². The van der Waals surface area contributed by atoms with Crippen molar-refractivity contribution >= 4 is 11.9 Å². The fraction of sp³-hybridized carbons (Fsp3) is 0.353. The summed E-state index contributed by atoms with van der Waals surface area (Å²) in [6, 6.07) is 4.98. The lowest BCUT2D eigenvalue weighted by Crippen LogP contribution is -2.31. The molecule has 24 heavy (non-hydrogen) atoms. The quantitative estimate of drug-likeness (QED) is 0.855. The Hall–Kier alpha value is -2.70. The Morgan fingerprint density at radius 3 is 2.67 bits per heavy atom. The van der Waals surface area contributed by atoms with Crippen LogP contribution in [-0.4, -0.2) is 28.0 Å². The Kier molecular flexibility index (Phi) is 4.33. The predicted octanol–water partition coefficient (Wildman–Crippen LogP) is 3.01. The number of amides is 3. The topological polar surface area (TPSA) is 75.4 Å². The molecule has 1 aliphatic heterocycles. The van der Waals surface area contributed by atoms with E-state index in [1.54, 1.807) is 19.1 Å². The number of aromatic nitrogens is 1. The van der Waals surface area contributed by atoms with Gasteiger partial charge in [0.1, 0.15) is 17.6 Å². The fourth-order valence-corrected chi connectivity index (χ4v) is 2.75. The predicted molar refractivity (Wildman–Crippen MR) is 84.4 cm³/mol. The van der Waals surface area contributed by atoms with Gasteiger partial charge in [-0.3, -0.25) is 9.69 Å². The number of carbonyl (C=O) groups is 2. The first-order valence-corrected chi connectivity index (χ1v) is 7.84. The fourth-order valence-electron chi connectivity index (χ4n) is 2.75. The molecule has 6 nitrogen and oxygen atoms in total. The zero-order valence-corrected chi connectivity index (χ0v) is 13.5. The molecule has 0 radical (unpaired) electrons. The van der Waals surface area contributed by atoms with Crippen molar-refractivity contribution in [1.82, 2.24) is 15.4 Å². The molecule has 1 aromatic heterocycles. The highest BCUT2D eigenvalue weighted by Crippen LogP contribution is 2.27. The molecule has 2 heterocycles. The minimum absolute atomic E-state index is 0.0570. The SMILES string of the molecule is CCC[C@@H]1NC(=O)N(Cc2noc(-c3ccc(F)cc3)c2C)C1=O. The molecular formula is C17H18FN3O3. The molecule has 1 aromatic carbocycles. The Bertz CT molecular complexity index is 770. The molecule has 7 heteroatoms. The van der Waals surface area contributed by atoms with E-state index in [-0.39, 0.29) is 18.3 Å². The highest BCUT2D eigenvalue weighted by molar-refractivity contribution is 6.04. The van der Waals surface area contributed by atoms with E-state index in [1.165, 1.54) is 12.1 Å². The number of nitrogens with zero attached hydrogens (tertiary/aromatic N) is 2. The number of benzene rings is 1. The number of urea groups is 1. The van der Waals surface area contributed by atoms with Gasteiger partial charge in [0.2, 0.25) is 0 Å². The second kappa shape index (κ2) is 6.43. The van der Waals surface area contributed by atoms with Crippen molar-refractivity contribution in [1.29, 1.82) is 0 Å². The Morgan fingerprint density at radius 2 is 2.00 bits per heavy atom. The lowest BCUT2D eigenvalue weighted by atomic mass is 10.1. The summed E-state index contributed by atoms with van der Waals surface area (Å²) in [5.74, 6) is -0.0767. The number of imide groups is 1. The summed E-state index contributed by atoms with van der Waals surface area (Å²) in [7, 11) is 0. The van der Waals surface area contributed by atoms with Crippen molar-refractivity contribution in [2.45, 2.75) is 39.3 Å². The molecule has 0 aliphatic carbocycles. The van der Waals surface area contributed by atoms with E-state index in [1.807, 2.05) is 6.92 Å². The maximum absolute atomic E-state index is 13.0. The van der Waals surface area contributed by atoms with Crippen LogP contribution in [0.4, 0.5) is 9.18 Å². The average molecular weight is 331 g/mol. The molecule has 1 aliphatic rings. The number of rotatable bonds is 5. The van der Waals surface area contributed by atoms with Crippen LogP contribution in [0.2, 0.25) is 0 Å². The first-order valence-electron chi connectivity index (χ1n) is 7.84. The van der Waals surface area contributed by atoms with Crippen LogP contribution in [0.5, 0.6) is 0 Å². The minimum atomic E-state index is -0.466. The maximum atomic E-state index is 13.0. The zero-order chi connectivity index (χ0) is 17.3. The third-order valence-corrected chi connectivity index (χ3v) is 4.12. The van der Waals surface area contributed by atoms with Crippen LogP contribution >= 0.6 is 0 Å². The van der Waals surface area contributed by atoms with Crippen LogP contribution in [0.15, 0.2) is 28.8 Å². The highest BCUT2D eigenvalue weighted by atomic mass is 19.1.